The number of halogens is 2. The second-order valence-electron chi connectivity index (χ2n) is 7.73. The van der Waals surface area contributed by atoms with Crippen LogP contribution in [0.3, 0.4) is 0 Å². The fourth-order valence-corrected chi connectivity index (χ4v) is 3.47. The molecule has 3 nitrogen and oxygen atoms in total. The van der Waals surface area contributed by atoms with Crippen LogP contribution in [0.15, 0.2) is 35.1 Å². The van der Waals surface area contributed by atoms with Gasteiger partial charge in [-0.15, -0.1) is 0 Å². The minimum Gasteiger partial charge on any atom is -0.498 e. The lowest BCUT2D eigenvalue weighted by Gasteiger charge is -2.28. The molecule has 1 rings (SSSR count). The molecule has 0 amide bonds. The standard InChI is InChI=1S/C23H38F2O3/c1-7-9-20-13-12-19(15-28-20)14-27-17(4)11-10-16(3)21(8-2)23(25)22(24)18(5)26-6/h7,9,16-17,19-20H,8,10-15H2,1-6H3/b9-7+,22-18-,23-21-. The zero-order chi connectivity index (χ0) is 21.1. The number of rotatable bonds is 11. The van der Waals surface area contributed by atoms with Gasteiger partial charge in [0.05, 0.1) is 32.5 Å². The predicted molar refractivity (Wildman–Crippen MR) is 110 cm³/mol. The van der Waals surface area contributed by atoms with Crippen molar-refractivity contribution < 1.29 is 23.0 Å². The van der Waals surface area contributed by atoms with Crippen molar-refractivity contribution in [1.29, 1.82) is 0 Å². The minimum atomic E-state index is -0.899. The Bertz CT molecular complexity index is 546. The van der Waals surface area contributed by atoms with Gasteiger partial charge in [-0.2, -0.15) is 0 Å². The maximum Gasteiger partial charge on any atom is 0.195 e. The average molecular weight is 401 g/mol. The first-order valence-corrected chi connectivity index (χ1v) is 10.5. The lowest BCUT2D eigenvalue weighted by atomic mass is 9.91. The van der Waals surface area contributed by atoms with Crippen LogP contribution in [0.1, 0.15) is 66.7 Å². The van der Waals surface area contributed by atoms with Gasteiger partial charge < -0.3 is 14.2 Å². The van der Waals surface area contributed by atoms with Gasteiger partial charge in [-0.05, 0) is 64.4 Å². The molecule has 1 aliphatic heterocycles. The molecule has 0 spiro atoms. The molecule has 0 aromatic rings. The van der Waals surface area contributed by atoms with Gasteiger partial charge in [-0.1, -0.05) is 26.0 Å². The third kappa shape index (κ3) is 8.04. The van der Waals surface area contributed by atoms with Gasteiger partial charge in [0.2, 0.25) is 0 Å². The summed E-state index contributed by atoms with van der Waals surface area (Å²) in [7, 11) is 1.34. The van der Waals surface area contributed by atoms with Crippen molar-refractivity contribution in [1.82, 2.24) is 0 Å². The molecule has 1 aliphatic rings. The van der Waals surface area contributed by atoms with Crippen LogP contribution in [-0.4, -0.2) is 32.5 Å². The molecule has 4 unspecified atom stereocenters. The Kier molecular flexibility index (Phi) is 11.6. The van der Waals surface area contributed by atoms with Crippen LogP contribution in [0.25, 0.3) is 0 Å². The lowest BCUT2D eigenvalue weighted by Crippen LogP contribution is -2.28. The van der Waals surface area contributed by atoms with E-state index >= 15 is 0 Å². The summed E-state index contributed by atoms with van der Waals surface area (Å²) in [6.07, 6.45) is 8.63. The second-order valence-corrected chi connectivity index (χ2v) is 7.73. The fraction of sp³-hybridized carbons (Fsp3) is 0.739. The van der Waals surface area contributed by atoms with Crippen LogP contribution in [0.5, 0.6) is 0 Å². The highest BCUT2D eigenvalue weighted by Crippen LogP contribution is 2.31. The molecule has 4 atom stereocenters. The van der Waals surface area contributed by atoms with Crippen LogP contribution in [0.4, 0.5) is 8.78 Å². The Morgan fingerprint density at radius 1 is 1.18 bits per heavy atom. The summed E-state index contributed by atoms with van der Waals surface area (Å²) in [5.41, 5.74) is 0.497. The van der Waals surface area contributed by atoms with Crippen molar-refractivity contribution in [3.63, 3.8) is 0 Å². The Balaban J connectivity index is 2.45. The molecule has 0 aliphatic carbocycles. The highest BCUT2D eigenvalue weighted by Gasteiger charge is 2.22. The van der Waals surface area contributed by atoms with E-state index in [1.54, 1.807) is 0 Å². The van der Waals surface area contributed by atoms with Crippen molar-refractivity contribution in [2.24, 2.45) is 11.8 Å². The van der Waals surface area contributed by atoms with E-state index in [2.05, 4.69) is 6.08 Å². The molecule has 5 heteroatoms. The van der Waals surface area contributed by atoms with Gasteiger partial charge in [-0.3, -0.25) is 0 Å². The summed E-state index contributed by atoms with van der Waals surface area (Å²) in [6, 6.07) is 0. The van der Waals surface area contributed by atoms with E-state index in [0.717, 1.165) is 32.3 Å². The summed E-state index contributed by atoms with van der Waals surface area (Å²) in [5.74, 6) is -1.33. The smallest absolute Gasteiger partial charge is 0.195 e. The van der Waals surface area contributed by atoms with E-state index in [-0.39, 0.29) is 23.9 Å². The molecule has 28 heavy (non-hydrogen) atoms. The fourth-order valence-electron chi connectivity index (χ4n) is 3.47. The second kappa shape index (κ2) is 13.1. The van der Waals surface area contributed by atoms with E-state index in [1.165, 1.54) is 14.0 Å². The number of methoxy groups -OCH3 is 1. The van der Waals surface area contributed by atoms with Crippen LogP contribution >= 0.6 is 0 Å². The van der Waals surface area contributed by atoms with Crippen molar-refractivity contribution in [3.8, 4) is 0 Å². The molecule has 1 fully saturated rings. The molecule has 0 aromatic heterocycles. The molecule has 0 aromatic carbocycles. The van der Waals surface area contributed by atoms with Crippen LogP contribution < -0.4 is 0 Å². The SMILES string of the molecule is C/C=C/C1CCC(COC(C)CCC(C)/C(CC)=C(F)/C(F)=C(\C)OC)CO1. The van der Waals surface area contributed by atoms with Crippen LogP contribution in [0, 0.1) is 11.8 Å². The number of hydrogen-bond donors (Lipinski definition) is 0. The summed E-state index contributed by atoms with van der Waals surface area (Å²) in [4.78, 5) is 0. The first kappa shape index (κ1) is 24.8. The van der Waals surface area contributed by atoms with Gasteiger partial charge in [0, 0.05) is 5.92 Å². The maximum absolute atomic E-state index is 14.5. The molecule has 0 N–H and O–H groups in total. The van der Waals surface area contributed by atoms with Crippen molar-refractivity contribution in [3.05, 3.63) is 35.1 Å². The summed E-state index contributed by atoms with van der Waals surface area (Å²) in [6.45, 7) is 10.7. The normalized spacial score (nSPS) is 24.6. The first-order valence-electron chi connectivity index (χ1n) is 10.5. The molecule has 0 bridgehead atoms. The Morgan fingerprint density at radius 3 is 2.43 bits per heavy atom. The molecule has 0 radical (unpaired) electrons. The van der Waals surface area contributed by atoms with Crippen molar-refractivity contribution >= 4 is 0 Å². The number of ether oxygens (including phenoxy) is 3. The van der Waals surface area contributed by atoms with Crippen LogP contribution in [0.2, 0.25) is 0 Å². The molecule has 0 saturated carbocycles. The summed E-state index contributed by atoms with van der Waals surface area (Å²) < 4.78 is 45.2. The topological polar surface area (TPSA) is 27.7 Å². The Hall–Kier alpha value is -1.20. The summed E-state index contributed by atoms with van der Waals surface area (Å²) in [5, 5.41) is 0. The minimum absolute atomic E-state index is 0.0290. The first-order chi connectivity index (χ1) is 13.3. The highest BCUT2D eigenvalue weighted by atomic mass is 19.2. The van der Waals surface area contributed by atoms with Gasteiger partial charge in [-0.25, -0.2) is 8.78 Å². The Labute approximate surface area is 169 Å². The van der Waals surface area contributed by atoms with E-state index < -0.39 is 11.7 Å². The zero-order valence-corrected chi connectivity index (χ0v) is 18.4. The molecule has 162 valence electrons. The van der Waals surface area contributed by atoms with E-state index in [4.69, 9.17) is 14.2 Å². The van der Waals surface area contributed by atoms with Gasteiger partial charge in [0.25, 0.3) is 0 Å². The third-order valence-electron chi connectivity index (χ3n) is 5.50. The number of allylic oxidation sites excluding steroid dienone is 5. The molecular weight excluding hydrogens is 362 g/mol. The monoisotopic (exact) mass is 400 g/mol. The molecular formula is C23H38F2O3. The van der Waals surface area contributed by atoms with Crippen LogP contribution in [-0.2, 0) is 14.2 Å². The number of hydrogen-bond acceptors (Lipinski definition) is 3. The van der Waals surface area contributed by atoms with Crippen molar-refractivity contribution in [2.45, 2.75) is 78.9 Å². The van der Waals surface area contributed by atoms with Gasteiger partial charge in [0.1, 0.15) is 5.76 Å². The zero-order valence-electron chi connectivity index (χ0n) is 18.4. The largest absolute Gasteiger partial charge is 0.498 e. The van der Waals surface area contributed by atoms with Crippen molar-refractivity contribution in [2.75, 3.05) is 20.3 Å². The quantitative estimate of drug-likeness (QED) is 0.220. The predicted octanol–water partition coefficient (Wildman–Crippen LogP) is 6.66. The van der Waals surface area contributed by atoms with E-state index in [0.29, 0.717) is 24.5 Å². The highest BCUT2D eigenvalue weighted by molar-refractivity contribution is 5.28. The van der Waals surface area contributed by atoms with E-state index in [9.17, 15) is 8.78 Å². The third-order valence-corrected chi connectivity index (χ3v) is 5.50. The van der Waals surface area contributed by atoms with Gasteiger partial charge in [0.15, 0.2) is 11.7 Å². The molecule has 1 saturated heterocycles. The lowest BCUT2D eigenvalue weighted by molar-refractivity contribution is -0.0402. The molecule has 1 heterocycles. The average Bonchev–Trinajstić information content (AvgIpc) is 2.71. The van der Waals surface area contributed by atoms with Gasteiger partial charge >= 0.3 is 0 Å². The maximum atomic E-state index is 14.5. The Morgan fingerprint density at radius 2 is 1.89 bits per heavy atom. The van der Waals surface area contributed by atoms with E-state index in [1.807, 2.05) is 33.8 Å². The summed E-state index contributed by atoms with van der Waals surface area (Å²) >= 11 is 0.